The molecule has 0 unspecified atom stereocenters. The van der Waals surface area contributed by atoms with Crippen LogP contribution in [-0.4, -0.2) is 47.2 Å². The molecule has 0 saturated carbocycles. The minimum atomic E-state index is -0.945. The number of hydrogen-bond acceptors (Lipinski definition) is 3. The van der Waals surface area contributed by atoms with Crippen molar-refractivity contribution in [2.75, 3.05) is 13.6 Å². The zero-order valence-corrected chi connectivity index (χ0v) is 8.21. The lowest BCUT2D eigenvalue weighted by Gasteiger charge is -2.21. The molecule has 2 bridgehead atoms. The van der Waals surface area contributed by atoms with Crippen molar-refractivity contribution in [2.45, 2.75) is 11.7 Å². The summed E-state index contributed by atoms with van der Waals surface area (Å²) in [5.41, 5.74) is -0.667. The van der Waals surface area contributed by atoms with Crippen LogP contribution in [-0.2, 0) is 14.3 Å². The number of nitrogens with zero attached hydrogens (tertiary/aromatic N) is 1. The molecule has 1 N–H and O–H groups in total. The van der Waals surface area contributed by atoms with Gasteiger partial charge in [-0.25, -0.2) is 0 Å². The number of carboxylic acids is 1. The number of rotatable bonds is 1. The molecule has 3 aliphatic heterocycles. The zero-order chi connectivity index (χ0) is 10.8. The van der Waals surface area contributed by atoms with Crippen molar-refractivity contribution in [3.63, 3.8) is 0 Å². The summed E-state index contributed by atoms with van der Waals surface area (Å²) >= 11 is 0. The van der Waals surface area contributed by atoms with Gasteiger partial charge in [-0.2, -0.15) is 0 Å². The lowest BCUT2D eigenvalue weighted by Crippen LogP contribution is -2.38. The minimum absolute atomic E-state index is 0.116. The van der Waals surface area contributed by atoms with Gasteiger partial charge < -0.3 is 14.7 Å². The summed E-state index contributed by atoms with van der Waals surface area (Å²) in [5, 5.41) is 9.10. The molecule has 5 nitrogen and oxygen atoms in total. The van der Waals surface area contributed by atoms with E-state index in [1.807, 2.05) is 6.08 Å². The summed E-state index contributed by atoms with van der Waals surface area (Å²) in [6, 6.07) is 0. The molecule has 0 radical (unpaired) electrons. The molecule has 0 aromatic heterocycles. The maximum atomic E-state index is 11.8. The number of likely N-dealkylation sites (tertiary alicyclic amines) is 1. The van der Waals surface area contributed by atoms with Crippen LogP contribution in [0.2, 0.25) is 0 Å². The highest BCUT2D eigenvalue weighted by Crippen LogP contribution is 2.51. The standard InChI is InChI=1S/C10H11NO4/c1-11-4-10-3-2-5(15-10)6(9(13)14)7(10)8(11)12/h2-3,5-7H,4H2,1H3,(H,13,14)/t5-,6+,7-,10-/m1/s1. The molecule has 3 heterocycles. The van der Waals surface area contributed by atoms with Gasteiger partial charge in [-0.15, -0.1) is 0 Å². The fraction of sp³-hybridized carbons (Fsp3) is 0.600. The van der Waals surface area contributed by atoms with Crippen LogP contribution in [0.15, 0.2) is 12.2 Å². The predicted molar refractivity (Wildman–Crippen MR) is 49.0 cm³/mol. The van der Waals surface area contributed by atoms with Crippen LogP contribution < -0.4 is 0 Å². The van der Waals surface area contributed by atoms with Gasteiger partial charge in [-0.1, -0.05) is 12.2 Å². The molecule has 3 aliphatic rings. The number of likely N-dealkylation sites (N-methyl/N-ethyl adjacent to an activating group) is 1. The van der Waals surface area contributed by atoms with Crippen LogP contribution in [0.4, 0.5) is 0 Å². The molecule has 2 saturated heterocycles. The molecular weight excluding hydrogens is 198 g/mol. The summed E-state index contributed by atoms with van der Waals surface area (Å²) in [7, 11) is 1.68. The molecule has 15 heavy (non-hydrogen) atoms. The Morgan fingerprint density at radius 2 is 2.47 bits per heavy atom. The SMILES string of the molecule is CN1C[C@@]23C=C[C@@H](O2)[C@H](C(=O)O)[C@@H]3C1=O. The van der Waals surface area contributed by atoms with Gasteiger partial charge in [-0.3, -0.25) is 9.59 Å². The van der Waals surface area contributed by atoms with E-state index in [9.17, 15) is 9.59 Å². The van der Waals surface area contributed by atoms with E-state index >= 15 is 0 Å². The molecule has 0 aromatic carbocycles. The van der Waals surface area contributed by atoms with Crippen molar-refractivity contribution >= 4 is 11.9 Å². The lowest BCUT2D eigenvalue weighted by atomic mass is 9.77. The first-order chi connectivity index (χ1) is 7.05. The van der Waals surface area contributed by atoms with Gasteiger partial charge in [0.2, 0.25) is 5.91 Å². The number of fused-ring (bicyclic) bond motifs is 1. The number of carbonyl (C=O) groups excluding carboxylic acids is 1. The molecule has 1 spiro atoms. The van der Waals surface area contributed by atoms with Gasteiger partial charge in [0.15, 0.2) is 0 Å². The Labute approximate surface area is 86.3 Å². The van der Waals surface area contributed by atoms with Crippen molar-refractivity contribution in [1.29, 1.82) is 0 Å². The number of amides is 1. The maximum absolute atomic E-state index is 11.8. The molecule has 0 aliphatic carbocycles. The van der Waals surface area contributed by atoms with E-state index in [2.05, 4.69) is 0 Å². The summed E-state index contributed by atoms with van der Waals surface area (Å²) < 4.78 is 5.64. The number of ether oxygens (including phenoxy) is 1. The second-order valence-corrected chi connectivity index (χ2v) is 4.43. The highest BCUT2D eigenvalue weighted by Gasteiger charge is 2.66. The number of aliphatic carboxylic acids is 1. The predicted octanol–water partition coefficient (Wildman–Crippen LogP) is -0.517. The maximum Gasteiger partial charge on any atom is 0.310 e. The monoisotopic (exact) mass is 209 g/mol. The Bertz CT molecular complexity index is 391. The van der Waals surface area contributed by atoms with E-state index < -0.39 is 29.5 Å². The van der Waals surface area contributed by atoms with Crippen LogP contribution in [0.3, 0.4) is 0 Å². The van der Waals surface area contributed by atoms with Crippen LogP contribution in [0, 0.1) is 11.8 Å². The van der Waals surface area contributed by atoms with Crippen LogP contribution in [0.5, 0.6) is 0 Å². The van der Waals surface area contributed by atoms with Crippen LogP contribution in [0.1, 0.15) is 0 Å². The third-order valence-corrected chi connectivity index (χ3v) is 3.57. The Hall–Kier alpha value is -1.36. The Morgan fingerprint density at radius 1 is 1.73 bits per heavy atom. The second-order valence-electron chi connectivity index (χ2n) is 4.43. The fourth-order valence-electron chi connectivity index (χ4n) is 2.97. The van der Waals surface area contributed by atoms with Gasteiger partial charge in [0.1, 0.15) is 11.5 Å². The molecule has 1 amide bonds. The molecule has 4 atom stereocenters. The highest BCUT2D eigenvalue weighted by atomic mass is 16.5. The zero-order valence-electron chi connectivity index (χ0n) is 8.21. The van der Waals surface area contributed by atoms with Crippen molar-refractivity contribution in [2.24, 2.45) is 11.8 Å². The third kappa shape index (κ3) is 0.866. The number of carboxylic acid groups (broad SMARTS) is 1. The quantitative estimate of drug-likeness (QED) is 0.590. The van der Waals surface area contributed by atoms with Gasteiger partial charge >= 0.3 is 5.97 Å². The first kappa shape index (κ1) is 8.91. The smallest absolute Gasteiger partial charge is 0.310 e. The van der Waals surface area contributed by atoms with Crippen molar-refractivity contribution in [3.05, 3.63) is 12.2 Å². The summed E-state index contributed by atoms with van der Waals surface area (Å²) in [6.07, 6.45) is 3.19. The van der Waals surface area contributed by atoms with E-state index in [1.165, 1.54) is 0 Å². The lowest BCUT2D eigenvalue weighted by molar-refractivity contribution is -0.147. The van der Waals surface area contributed by atoms with E-state index in [4.69, 9.17) is 9.84 Å². The molecular formula is C10H11NO4. The Balaban J connectivity index is 2.08. The average Bonchev–Trinajstić information content (AvgIpc) is 2.75. The van der Waals surface area contributed by atoms with E-state index in [-0.39, 0.29) is 5.91 Å². The molecule has 0 aromatic rings. The minimum Gasteiger partial charge on any atom is -0.481 e. The van der Waals surface area contributed by atoms with E-state index in [0.717, 1.165) is 0 Å². The summed E-state index contributed by atoms with van der Waals surface area (Å²) in [4.78, 5) is 24.5. The number of hydrogen-bond donors (Lipinski definition) is 1. The van der Waals surface area contributed by atoms with Gasteiger partial charge in [-0.05, 0) is 0 Å². The molecule has 2 fully saturated rings. The largest absolute Gasteiger partial charge is 0.481 e. The highest BCUT2D eigenvalue weighted by molar-refractivity contribution is 5.90. The first-order valence-electron chi connectivity index (χ1n) is 4.90. The topological polar surface area (TPSA) is 66.8 Å². The third-order valence-electron chi connectivity index (χ3n) is 3.57. The normalized spacial score (nSPS) is 46.3. The van der Waals surface area contributed by atoms with Crippen LogP contribution >= 0.6 is 0 Å². The summed E-state index contributed by atoms with van der Waals surface area (Å²) in [6.45, 7) is 0.466. The van der Waals surface area contributed by atoms with E-state index in [1.54, 1.807) is 18.0 Å². The second kappa shape index (κ2) is 2.41. The fourth-order valence-corrected chi connectivity index (χ4v) is 2.97. The van der Waals surface area contributed by atoms with Crippen molar-refractivity contribution in [1.82, 2.24) is 4.90 Å². The van der Waals surface area contributed by atoms with Crippen LogP contribution in [0.25, 0.3) is 0 Å². The Morgan fingerprint density at radius 3 is 3.13 bits per heavy atom. The van der Waals surface area contributed by atoms with E-state index in [0.29, 0.717) is 6.54 Å². The first-order valence-corrected chi connectivity index (χ1v) is 4.90. The number of carbonyl (C=O) groups is 2. The molecule has 80 valence electrons. The van der Waals surface area contributed by atoms with Gasteiger partial charge in [0.05, 0.1) is 18.6 Å². The summed E-state index contributed by atoms with van der Waals surface area (Å²) in [5.74, 6) is -2.31. The average molecular weight is 209 g/mol. The van der Waals surface area contributed by atoms with Gasteiger partial charge in [0.25, 0.3) is 0 Å². The van der Waals surface area contributed by atoms with Crippen molar-refractivity contribution < 1.29 is 19.4 Å². The van der Waals surface area contributed by atoms with Crippen molar-refractivity contribution in [3.8, 4) is 0 Å². The molecule has 5 heteroatoms. The molecule has 3 rings (SSSR count). The Kier molecular flexibility index (Phi) is 1.43. The van der Waals surface area contributed by atoms with Gasteiger partial charge in [0, 0.05) is 7.05 Å².